The van der Waals surface area contributed by atoms with Gasteiger partial charge in [0.2, 0.25) is 0 Å². The molecule has 15 heavy (non-hydrogen) atoms. The second-order valence-corrected chi connectivity index (χ2v) is 4.82. The number of cyclic esters (lactones) is 1. The number of esters is 1. The van der Waals surface area contributed by atoms with Crippen LogP contribution in [-0.4, -0.2) is 49.2 Å². The highest BCUT2D eigenvalue weighted by atomic mass is 16.5. The summed E-state index contributed by atoms with van der Waals surface area (Å²) in [7, 11) is 2.01. The van der Waals surface area contributed by atoms with Gasteiger partial charge in [-0.05, 0) is 26.8 Å². The molecule has 1 atom stereocenters. The van der Waals surface area contributed by atoms with Crippen LogP contribution < -0.4 is 5.32 Å². The minimum Gasteiger partial charge on any atom is -0.464 e. The van der Waals surface area contributed by atoms with E-state index in [-0.39, 0.29) is 17.6 Å². The molecule has 2 saturated heterocycles. The minimum absolute atomic E-state index is 0.0249. The molecule has 0 amide bonds. The zero-order chi connectivity index (χ0) is 10.9. The number of hydrogen-bond donors (Lipinski definition) is 1. The van der Waals surface area contributed by atoms with Gasteiger partial charge >= 0.3 is 5.97 Å². The second kappa shape index (κ2) is 4.10. The number of likely N-dealkylation sites (tertiary alicyclic amines) is 1. The summed E-state index contributed by atoms with van der Waals surface area (Å²) >= 11 is 0. The van der Waals surface area contributed by atoms with E-state index in [9.17, 15) is 4.79 Å². The third-order valence-electron chi connectivity index (χ3n) is 3.85. The molecule has 0 bridgehead atoms. The van der Waals surface area contributed by atoms with Crippen LogP contribution in [0.2, 0.25) is 0 Å². The first kappa shape index (κ1) is 10.9. The number of rotatable bonds is 2. The van der Waals surface area contributed by atoms with Crippen LogP contribution in [0.15, 0.2) is 0 Å². The first-order valence-corrected chi connectivity index (χ1v) is 5.74. The van der Waals surface area contributed by atoms with Gasteiger partial charge in [0.05, 0.1) is 6.61 Å². The van der Waals surface area contributed by atoms with Gasteiger partial charge in [-0.25, -0.2) is 0 Å². The van der Waals surface area contributed by atoms with Gasteiger partial charge < -0.3 is 10.1 Å². The van der Waals surface area contributed by atoms with Crippen molar-refractivity contribution in [1.82, 2.24) is 10.2 Å². The monoisotopic (exact) mass is 212 g/mol. The summed E-state index contributed by atoms with van der Waals surface area (Å²) < 4.78 is 5.00. The Balaban J connectivity index is 1.90. The highest BCUT2D eigenvalue weighted by Gasteiger charge is 2.37. The highest BCUT2D eigenvalue weighted by molar-refractivity contribution is 5.77. The van der Waals surface area contributed by atoms with Crippen LogP contribution in [0, 0.1) is 0 Å². The van der Waals surface area contributed by atoms with E-state index < -0.39 is 0 Å². The molecule has 0 aromatic rings. The largest absolute Gasteiger partial charge is 0.464 e. The first-order valence-electron chi connectivity index (χ1n) is 5.74. The van der Waals surface area contributed by atoms with E-state index in [1.165, 1.54) is 0 Å². The smallest absolute Gasteiger partial charge is 0.323 e. The molecule has 1 unspecified atom stereocenters. The lowest BCUT2D eigenvalue weighted by Gasteiger charge is -2.40. The molecule has 0 radical (unpaired) electrons. The van der Waals surface area contributed by atoms with Crippen molar-refractivity contribution in [2.24, 2.45) is 0 Å². The maximum absolute atomic E-state index is 11.4. The van der Waals surface area contributed by atoms with Crippen molar-refractivity contribution in [2.45, 2.75) is 37.8 Å². The molecule has 0 aromatic carbocycles. The normalized spacial score (nSPS) is 31.6. The van der Waals surface area contributed by atoms with Crippen molar-refractivity contribution in [2.75, 3.05) is 26.7 Å². The molecule has 2 aliphatic heterocycles. The number of carbonyl (C=O) groups is 1. The average molecular weight is 212 g/mol. The quantitative estimate of drug-likeness (QED) is 0.672. The maximum Gasteiger partial charge on any atom is 0.323 e. The summed E-state index contributed by atoms with van der Waals surface area (Å²) in [4.78, 5) is 13.7. The fourth-order valence-corrected chi connectivity index (χ4v) is 2.40. The molecule has 2 heterocycles. The first-order chi connectivity index (χ1) is 7.14. The van der Waals surface area contributed by atoms with Crippen molar-refractivity contribution in [3.8, 4) is 0 Å². The maximum atomic E-state index is 11.4. The van der Waals surface area contributed by atoms with Gasteiger partial charge in [-0.3, -0.25) is 9.69 Å². The summed E-state index contributed by atoms with van der Waals surface area (Å²) in [6.45, 7) is 4.84. The number of ether oxygens (including phenoxy) is 1. The predicted octanol–water partition coefficient (Wildman–Crippen LogP) is 0.376. The molecule has 2 rings (SSSR count). The van der Waals surface area contributed by atoms with Gasteiger partial charge in [-0.15, -0.1) is 0 Å². The zero-order valence-corrected chi connectivity index (χ0v) is 9.58. The van der Waals surface area contributed by atoms with E-state index in [2.05, 4.69) is 17.1 Å². The SMILES string of the molecule is CNC1(C)CCN(C2CCOC2=O)CC1. The zero-order valence-electron chi connectivity index (χ0n) is 9.58. The summed E-state index contributed by atoms with van der Waals surface area (Å²) in [6, 6.07) is 0.0337. The van der Waals surface area contributed by atoms with Crippen LogP contribution in [-0.2, 0) is 9.53 Å². The number of nitrogens with one attached hydrogen (secondary N) is 1. The van der Waals surface area contributed by atoms with Gasteiger partial charge in [0.1, 0.15) is 6.04 Å². The fourth-order valence-electron chi connectivity index (χ4n) is 2.40. The van der Waals surface area contributed by atoms with Crippen LogP contribution in [0.3, 0.4) is 0 Å². The van der Waals surface area contributed by atoms with E-state index in [1.54, 1.807) is 0 Å². The molecule has 1 N–H and O–H groups in total. The molecule has 4 nitrogen and oxygen atoms in total. The average Bonchev–Trinajstić information content (AvgIpc) is 2.66. The van der Waals surface area contributed by atoms with Crippen LogP contribution >= 0.6 is 0 Å². The lowest BCUT2D eigenvalue weighted by Crippen LogP contribution is -2.53. The number of piperidine rings is 1. The summed E-state index contributed by atoms with van der Waals surface area (Å²) in [5.41, 5.74) is 0.249. The Morgan fingerprint density at radius 3 is 2.60 bits per heavy atom. The van der Waals surface area contributed by atoms with E-state index in [0.717, 1.165) is 32.4 Å². The lowest BCUT2D eigenvalue weighted by molar-refractivity contribution is -0.142. The summed E-state index contributed by atoms with van der Waals surface area (Å²) in [5, 5.41) is 3.36. The number of nitrogens with zero attached hydrogens (tertiary/aromatic N) is 1. The predicted molar refractivity (Wildman–Crippen MR) is 57.6 cm³/mol. The van der Waals surface area contributed by atoms with E-state index in [4.69, 9.17) is 4.74 Å². The third kappa shape index (κ3) is 2.16. The van der Waals surface area contributed by atoms with Crippen molar-refractivity contribution in [3.05, 3.63) is 0 Å². The Bertz CT molecular complexity index is 247. The van der Waals surface area contributed by atoms with Crippen molar-refractivity contribution < 1.29 is 9.53 Å². The Morgan fingerprint density at radius 1 is 1.47 bits per heavy atom. The molecular weight excluding hydrogens is 192 g/mol. The van der Waals surface area contributed by atoms with Crippen LogP contribution in [0.4, 0.5) is 0 Å². The number of carbonyl (C=O) groups excluding carboxylic acids is 1. The van der Waals surface area contributed by atoms with Crippen LogP contribution in [0.1, 0.15) is 26.2 Å². The summed E-state index contributed by atoms with van der Waals surface area (Å²) in [5.74, 6) is -0.0249. The molecule has 86 valence electrons. The van der Waals surface area contributed by atoms with Gasteiger partial charge in [-0.2, -0.15) is 0 Å². The topological polar surface area (TPSA) is 41.6 Å². The van der Waals surface area contributed by atoms with Gasteiger partial charge in [0.15, 0.2) is 0 Å². The molecule has 0 spiro atoms. The van der Waals surface area contributed by atoms with Crippen LogP contribution in [0.5, 0.6) is 0 Å². The van der Waals surface area contributed by atoms with Crippen molar-refractivity contribution >= 4 is 5.97 Å². The Morgan fingerprint density at radius 2 is 2.13 bits per heavy atom. The molecule has 4 heteroatoms. The Labute approximate surface area is 91.0 Å². The molecule has 2 fully saturated rings. The Kier molecular flexibility index (Phi) is 2.98. The summed E-state index contributed by atoms with van der Waals surface area (Å²) in [6.07, 6.45) is 3.08. The van der Waals surface area contributed by atoms with Crippen molar-refractivity contribution in [1.29, 1.82) is 0 Å². The van der Waals surface area contributed by atoms with E-state index in [0.29, 0.717) is 6.61 Å². The Hall–Kier alpha value is -0.610. The van der Waals surface area contributed by atoms with Gasteiger partial charge in [0, 0.05) is 25.0 Å². The highest BCUT2D eigenvalue weighted by Crippen LogP contribution is 2.25. The van der Waals surface area contributed by atoms with E-state index in [1.807, 2.05) is 7.05 Å². The molecular formula is C11H20N2O2. The third-order valence-corrected chi connectivity index (χ3v) is 3.85. The van der Waals surface area contributed by atoms with Gasteiger partial charge in [0.25, 0.3) is 0 Å². The molecule has 0 saturated carbocycles. The molecule has 0 aliphatic carbocycles. The van der Waals surface area contributed by atoms with E-state index >= 15 is 0 Å². The van der Waals surface area contributed by atoms with Crippen molar-refractivity contribution in [3.63, 3.8) is 0 Å². The minimum atomic E-state index is -0.0249. The van der Waals surface area contributed by atoms with Gasteiger partial charge in [-0.1, -0.05) is 0 Å². The molecule has 2 aliphatic rings. The number of hydrogen-bond acceptors (Lipinski definition) is 4. The van der Waals surface area contributed by atoms with Crippen LogP contribution in [0.25, 0.3) is 0 Å². The second-order valence-electron chi connectivity index (χ2n) is 4.82. The standard InChI is InChI=1S/C11H20N2O2/c1-11(12-2)4-6-13(7-5-11)9-3-8-15-10(9)14/h9,12H,3-8H2,1-2H3. The fraction of sp³-hybridized carbons (Fsp3) is 0.909. The lowest BCUT2D eigenvalue weighted by atomic mass is 9.89. The molecule has 0 aromatic heterocycles.